The molecule has 2 atom stereocenters. The molecule has 0 aliphatic rings. The highest BCUT2D eigenvalue weighted by atomic mass is 32.1. The molecule has 7 rings (SSSR count). The van der Waals surface area contributed by atoms with Crippen molar-refractivity contribution in [2.75, 3.05) is 0 Å². The number of aromatic nitrogens is 2. The summed E-state index contributed by atoms with van der Waals surface area (Å²) in [6, 6.07) is 38.0. The van der Waals surface area contributed by atoms with Crippen LogP contribution in [0.15, 0.2) is 118 Å². The van der Waals surface area contributed by atoms with Crippen LogP contribution < -0.4 is 0 Å². The number of nitrogens with zero attached hydrogens (tertiary/aromatic N) is 2. The summed E-state index contributed by atoms with van der Waals surface area (Å²) in [6.45, 7) is 4.53. The Kier molecular flexibility index (Phi) is 6.73. The SMILES string of the molecule is CC(Cc1ccc2oc(-c3ccc(-c4nc5cc(CC(C)c6ccccc6)ccc5o4)s3)nc2c1)c1ccccc1. The van der Waals surface area contributed by atoms with E-state index in [-0.39, 0.29) is 0 Å². The highest BCUT2D eigenvalue weighted by Crippen LogP contribution is 2.37. The van der Waals surface area contributed by atoms with Gasteiger partial charge in [-0.1, -0.05) is 86.6 Å². The third-order valence-corrected chi connectivity index (χ3v) is 8.81. The van der Waals surface area contributed by atoms with Crippen molar-refractivity contribution < 1.29 is 8.83 Å². The van der Waals surface area contributed by atoms with Gasteiger partial charge in [0.1, 0.15) is 11.0 Å². The Morgan fingerprint density at radius 2 is 1.00 bits per heavy atom. The van der Waals surface area contributed by atoms with Crippen LogP contribution in [0.5, 0.6) is 0 Å². The van der Waals surface area contributed by atoms with Gasteiger partial charge in [-0.15, -0.1) is 11.3 Å². The fourth-order valence-electron chi connectivity index (χ4n) is 5.48. The van der Waals surface area contributed by atoms with Gasteiger partial charge in [0.05, 0.1) is 9.75 Å². The van der Waals surface area contributed by atoms with Crippen molar-refractivity contribution in [3.05, 3.63) is 131 Å². The van der Waals surface area contributed by atoms with Crippen LogP contribution in [0.1, 0.15) is 47.9 Å². The van der Waals surface area contributed by atoms with Crippen molar-refractivity contribution in [2.24, 2.45) is 0 Å². The Balaban J connectivity index is 1.09. The molecule has 0 amide bonds. The number of rotatable bonds is 8. The van der Waals surface area contributed by atoms with Crippen LogP contribution in [-0.4, -0.2) is 9.97 Å². The van der Waals surface area contributed by atoms with Crippen molar-refractivity contribution in [2.45, 2.75) is 38.5 Å². The van der Waals surface area contributed by atoms with Crippen molar-refractivity contribution in [1.82, 2.24) is 9.97 Å². The standard InChI is InChI=1S/C36H30N2O2S/c1-23(27-9-5-3-6-10-27)19-25-13-15-31-29(21-25)37-35(39-31)33-17-18-34(41-33)36-38-30-22-26(14-16-32(30)40-36)20-24(2)28-11-7-4-8-12-28/h3-18,21-24H,19-20H2,1-2H3. The molecule has 4 aromatic carbocycles. The van der Waals surface area contributed by atoms with Gasteiger partial charge >= 0.3 is 0 Å². The molecule has 3 aromatic heterocycles. The van der Waals surface area contributed by atoms with E-state index in [1.807, 2.05) is 24.3 Å². The smallest absolute Gasteiger partial charge is 0.237 e. The van der Waals surface area contributed by atoms with Crippen molar-refractivity contribution >= 4 is 33.5 Å². The minimum atomic E-state index is 0.430. The van der Waals surface area contributed by atoms with Gasteiger partial charge in [-0.05, 0) is 83.3 Å². The van der Waals surface area contributed by atoms with Crippen LogP contribution in [0.2, 0.25) is 0 Å². The molecule has 4 nitrogen and oxygen atoms in total. The monoisotopic (exact) mass is 554 g/mol. The van der Waals surface area contributed by atoms with E-state index in [1.54, 1.807) is 11.3 Å². The molecule has 0 saturated carbocycles. The molecule has 0 aliphatic heterocycles. The number of fused-ring (bicyclic) bond motifs is 2. The van der Waals surface area contributed by atoms with Crippen molar-refractivity contribution in [1.29, 1.82) is 0 Å². The van der Waals surface area contributed by atoms with Gasteiger partial charge in [0.2, 0.25) is 11.8 Å². The van der Waals surface area contributed by atoms with Crippen molar-refractivity contribution in [3.63, 3.8) is 0 Å². The van der Waals surface area contributed by atoms with Crippen LogP contribution in [0.25, 0.3) is 43.7 Å². The molecule has 5 heteroatoms. The largest absolute Gasteiger partial charge is 0.435 e. The third kappa shape index (κ3) is 5.33. The molecule has 7 aromatic rings. The van der Waals surface area contributed by atoms with E-state index in [0.717, 1.165) is 44.8 Å². The van der Waals surface area contributed by atoms with Crippen LogP contribution in [0, 0.1) is 0 Å². The first kappa shape index (κ1) is 25.5. The zero-order valence-corrected chi connectivity index (χ0v) is 23.9. The van der Waals surface area contributed by atoms with Gasteiger partial charge in [-0.3, -0.25) is 0 Å². The lowest BCUT2D eigenvalue weighted by Gasteiger charge is -2.11. The molecular formula is C36H30N2O2S. The zero-order chi connectivity index (χ0) is 27.8. The van der Waals surface area contributed by atoms with Crippen LogP contribution in [0.4, 0.5) is 0 Å². The molecule has 0 radical (unpaired) electrons. The van der Waals surface area contributed by atoms with Gasteiger partial charge in [0, 0.05) is 0 Å². The average molecular weight is 555 g/mol. The number of thiophene rings is 1. The minimum Gasteiger partial charge on any atom is -0.435 e. The first-order valence-electron chi connectivity index (χ1n) is 14.1. The molecule has 41 heavy (non-hydrogen) atoms. The molecule has 0 N–H and O–H groups in total. The van der Waals surface area contributed by atoms with E-state index in [9.17, 15) is 0 Å². The summed E-state index contributed by atoms with van der Waals surface area (Å²) >= 11 is 1.58. The molecular weight excluding hydrogens is 524 g/mol. The fraction of sp³-hybridized carbons (Fsp3) is 0.167. The molecule has 0 spiro atoms. The maximum absolute atomic E-state index is 6.14. The molecule has 2 unspecified atom stereocenters. The fourth-order valence-corrected chi connectivity index (χ4v) is 6.34. The van der Waals surface area contributed by atoms with Gasteiger partial charge in [-0.25, -0.2) is 9.97 Å². The number of benzene rings is 4. The van der Waals surface area contributed by atoms with Gasteiger partial charge in [0.25, 0.3) is 0 Å². The first-order valence-corrected chi connectivity index (χ1v) is 14.9. The first-order chi connectivity index (χ1) is 20.1. The molecule has 0 fully saturated rings. The average Bonchev–Trinajstić information content (AvgIpc) is 3.75. The van der Waals surface area contributed by atoms with Gasteiger partial charge in [0.15, 0.2) is 11.2 Å². The number of oxazole rings is 2. The predicted octanol–water partition coefficient (Wildman–Crippen LogP) is 10.1. The highest BCUT2D eigenvalue weighted by molar-refractivity contribution is 7.18. The van der Waals surface area contributed by atoms with E-state index >= 15 is 0 Å². The molecule has 0 aliphatic carbocycles. The van der Waals surface area contributed by atoms with Crippen molar-refractivity contribution in [3.8, 4) is 21.5 Å². The normalized spacial score (nSPS) is 13.1. The second kappa shape index (κ2) is 10.8. The summed E-state index contributed by atoms with van der Waals surface area (Å²) in [7, 11) is 0. The van der Waals surface area contributed by atoms with Gasteiger partial charge < -0.3 is 8.83 Å². The van der Waals surface area contributed by atoms with E-state index in [4.69, 9.17) is 18.8 Å². The molecule has 202 valence electrons. The van der Waals surface area contributed by atoms with E-state index in [0.29, 0.717) is 23.6 Å². The van der Waals surface area contributed by atoms with Crippen LogP contribution >= 0.6 is 11.3 Å². The second-order valence-corrected chi connectivity index (χ2v) is 11.9. The van der Waals surface area contributed by atoms with E-state index in [2.05, 4.69) is 98.8 Å². The number of hydrogen-bond acceptors (Lipinski definition) is 5. The molecule has 3 heterocycles. The summed E-state index contributed by atoms with van der Waals surface area (Å²) in [5.41, 5.74) is 8.55. The Labute approximate surface area is 243 Å². The summed E-state index contributed by atoms with van der Waals surface area (Å²) in [5.74, 6) is 2.11. The molecule has 0 saturated heterocycles. The Bertz CT molecular complexity index is 1790. The maximum atomic E-state index is 6.14. The lowest BCUT2D eigenvalue weighted by Crippen LogP contribution is -1.98. The Morgan fingerprint density at radius 3 is 1.44 bits per heavy atom. The highest BCUT2D eigenvalue weighted by Gasteiger charge is 2.17. The maximum Gasteiger partial charge on any atom is 0.237 e. The van der Waals surface area contributed by atoms with Crippen LogP contribution in [-0.2, 0) is 12.8 Å². The third-order valence-electron chi connectivity index (χ3n) is 7.75. The van der Waals surface area contributed by atoms with Crippen LogP contribution in [0.3, 0.4) is 0 Å². The van der Waals surface area contributed by atoms with E-state index in [1.165, 1.54) is 22.3 Å². The summed E-state index contributed by atoms with van der Waals surface area (Å²) in [6.07, 6.45) is 1.91. The van der Waals surface area contributed by atoms with E-state index < -0.39 is 0 Å². The zero-order valence-electron chi connectivity index (χ0n) is 23.1. The summed E-state index contributed by atoms with van der Waals surface area (Å²) < 4.78 is 12.3. The van der Waals surface area contributed by atoms with Gasteiger partial charge in [-0.2, -0.15) is 0 Å². The Hall–Kier alpha value is -4.48. The number of hydrogen-bond donors (Lipinski definition) is 0. The summed E-state index contributed by atoms with van der Waals surface area (Å²) in [5, 5.41) is 0. The topological polar surface area (TPSA) is 52.1 Å². The lowest BCUT2D eigenvalue weighted by molar-refractivity contribution is 0.621. The quantitative estimate of drug-likeness (QED) is 0.188. The predicted molar refractivity (Wildman–Crippen MR) is 167 cm³/mol. The lowest BCUT2D eigenvalue weighted by atomic mass is 9.94. The Morgan fingerprint density at radius 1 is 0.561 bits per heavy atom. The second-order valence-electron chi connectivity index (χ2n) is 10.8. The summed E-state index contributed by atoms with van der Waals surface area (Å²) in [4.78, 5) is 11.6. The molecule has 0 bridgehead atoms. The minimum absolute atomic E-state index is 0.430.